The zero-order valence-corrected chi connectivity index (χ0v) is 13.9. The first-order chi connectivity index (χ1) is 11.5. The van der Waals surface area contributed by atoms with Crippen molar-refractivity contribution in [1.29, 1.82) is 5.26 Å². The lowest BCUT2D eigenvalue weighted by atomic mass is 9.98. The second kappa shape index (κ2) is 6.30. The molecule has 3 aromatic rings. The van der Waals surface area contributed by atoms with Crippen molar-refractivity contribution in [3.63, 3.8) is 0 Å². The number of rotatable bonds is 2. The van der Waals surface area contributed by atoms with E-state index in [4.69, 9.17) is 5.73 Å². The molecule has 0 aliphatic heterocycles. The third-order valence-electron chi connectivity index (χ3n) is 3.61. The number of nitrogen functional groups attached to an aromatic ring is 1. The highest BCUT2D eigenvalue weighted by Gasteiger charge is 2.16. The van der Waals surface area contributed by atoms with Gasteiger partial charge in [0, 0.05) is 22.5 Å². The fraction of sp³-hybridized carbons (Fsp3) is 0. The Bertz CT molecular complexity index is 1020. The molecule has 0 radical (unpaired) electrons. The number of aromatic nitrogens is 1. The fourth-order valence-corrected chi connectivity index (χ4v) is 2.78. The molecule has 3 rings (SSSR count). The Kier molecular flexibility index (Phi) is 4.19. The first kappa shape index (κ1) is 16.0. The number of H-pyrrole nitrogens is 1. The molecular weight excluding hydrogens is 373 g/mol. The van der Waals surface area contributed by atoms with E-state index in [1.54, 1.807) is 42.5 Å². The predicted octanol–water partition coefficient (Wildman–Crippen LogP) is 4.06. The van der Waals surface area contributed by atoms with E-state index in [0.717, 1.165) is 0 Å². The van der Waals surface area contributed by atoms with Gasteiger partial charge in [0.05, 0.1) is 4.47 Å². The summed E-state index contributed by atoms with van der Waals surface area (Å²) in [4.78, 5) is 14.9. The van der Waals surface area contributed by atoms with Gasteiger partial charge >= 0.3 is 0 Å². The maximum absolute atomic E-state index is 14.4. The van der Waals surface area contributed by atoms with Gasteiger partial charge < -0.3 is 10.7 Å². The monoisotopic (exact) mass is 383 g/mol. The normalized spacial score (nSPS) is 10.4. The number of hydrogen-bond acceptors (Lipinski definition) is 3. The van der Waals surface area contributed by atoms with Crippen LogP contribution in [0.5, 0.6) is 0 Å². The molecule has 118 valence electrons. The van der Waals surface area contributed by atoms with Crippen LogP contribution in [0.15, 0.2) is 57.8 Å². The van der Waals surface area contributed by atoms with Crippen LogP contribution in [0.25, 0.3) is 22.4 Å². The number of nitriles is 1. The minimum absolute atomic E-state index is 0.133. The van der Waals surface area contributed by atoms with E-state index in [9.17, 15) is 14.4 Å². The standard InChI is InChI=1S/C18H11BrFN3O/c19-15-3-1-2-12(17(15)20)13-8-16(23-18(24)14(13)9-21)10-4-6-11(22)7-5-10/h1-8H,22H2,(H,23,24). The lowest BCUT2D eigenvalue weighted by Gasteiger charge is -2.10. The number of hydrogen-bond donors (Lipinski definition) is 2. The van der Waals surface area contributed by atoms with Crippen molar-refractivity contribution in [2.24, 2.45) is 0 Å². The Labute approximate surface area is 145 Å². The number of halogens is 2. The average molecular weight is 384 g/mol. The molecule has 0 unspecified atom stereocenters. The molecule has 2 aromatic carbocycles. The van der Waals surface area contributed by atoms with Gasteiger partial charge in [0.15, 0.2) is 0 Å². The summed E-state index contributed by atoms with van der Waals surface area (Å²) in [7, 11) is 0. The number of aromatic amines is 1. The largest absolute Gasteiger partial charge is 0.399 e. The molecule has 0 bridgehead atoms. The third kappa shape index (κ3) is 2.82. The van der Waals surface area contributed by atoms with Crippen molar-refractivity contribution in [3.05, 3.63) is 74.7 Å². The zero-order valence-electron chi connectivity index (χ0n) is 12.3. The maximum Gasteiger partial charge on any atom is 0.266 e. The van der Waals surface area contributed by atoms with Gasteiger partial charge in [-0.2, -0.15) is 5.26 Å². The molecule has 3 N–H and O–H groups in total. The molecule has 1 aromatic heterocycles. The Hall–Kier alpha value is -2.91. The summed E-state index contributed by atoms with van der Waals surface area (Å²) < 4.78 is 14.7. The second-order valence-corrected chi connectivity index (χ2v) is 5.99. The molecule has 0 saturated carbocycles. The minimum atomic E-state index is -0.568. The van der Waals surface area contributed by atoms with Gasteiger partial charge in [-0.05, 0) is 45.8 Å². The highest BCUT2D eigenvalue weighted by Crippen LogP contribution is 2.31. The number of benzene rings is 2. The molecule has 0 amide bonds. The van der Waals surface area contributed by atoms with Gasteiger partial charge in [0.1, 0.15) is 17.4 Å². The Balaban J connectivity index is 2.29. The van der Waals surface area contributed by atoms with E-state index in [2.05, 4.69) is 20.9 Å². The number of nitrogens with zero attached hydrogens (tertiary/aromatic N) is 1. The number of nitrogens with two attached hydrogens (primary N) is 1. The topological polar surface area (TPSA) is 82.7 Å². The van der Waals surface area contributed by atoms with E-state index >= 15 is 0 Å². The lowest BCUT2D eigenvalue weighted by molar-refractivity contribution is 0.624. The average Bonchev–Trinajstić information content (AvgIpc) is 2.57. The van der Waals surface area contributed by atoms with Crippen LogP contribution in [0.1, 0.15) is 5.56 Å². The Morgan fingerprint density at radius 2 is 1.83 bits per heavy atom. The molecule has 0 atom stereocenters. The summed E-state index contributed by atoms with van der Waals surface area (Å²) in [6.45, 7) is 0. The van der Waals surface area contributed by atoms with E-state index in [0.29, 0.717) is 16.9 Å². The maximum atomic E-state index is 14.4. The first-order valence-corrected chi connectivity index (χ1v) is 7.78. The summed E-state index contributed by atoms with van der Waals surface area (Å²) >= 11 is 3.12. The molecule has 0 aliphatic rings. The van der Waals surface area contributed by atoms with Gasteiger partial charge in [0.25, 0.3) is 5.56 Å². The van der Waals surface area contributed by atoms with Crippen molar-refractivity contribution < 1.29 is 4.39 Å². The quantitative estimate of drug-likeness (QED) is 0.654. The molecule has 4 nitrogen and oxygen atoms in total. The second-order valence-electron chi connectivity index (χ2n) is 5.14. The SMILES string of the molecule is N#Cc1c(-c2cccc(Br)c2F)cc(-c2ccc(N)cc2)[nH]c1=O. The lowest BCUT2D eigenvalue weighted by Crippen LogP contribution is -2.13. The van der Waals surface area contributed by atoms with Crippen LogP contribution in [-0.2, 0) is 0 Å². The minimum Gasteiger partial charge on any atom is -0.399 e. The van der Waals surface area contributed by atoms with Crippen LogP contribution < -0.4 is 11.3 Å². The fourth-order valence-electron chi connectivity index (χ4n) is 2.41. The smallest absolute Gasteiger partial charge is 0.266 e. The number of pyridine rings is 1. The first-order valence-electron chi connectivity index (χ1n) is 6.99. The highest BCUT2D eigenvalue weighted by molar-refractivity contribution is 9.10. The highest BCUT2D eigenvalue weighted by atomic mass is 79.9. The van der Waals surface area contributed by atoms with E-state index in [-0.39, 0.29) is 21.2 Å². The molecular formula is C18H11BrFN3O. The van der Waals surface area contributed by atoms with Crippen LogP contribution in [-0.4, -0.2) is 4.98 Å². The molecule has 0 saturated heterocycles. The van der Waals surface area contributed by atoms with Gasteiger partial charge in [-0.25, -0.2) is 4.39 Å². The van der Waals surface area contributed by atoms with Crippen molar-refractivity contribution in [1.82, 2.24) is 4.98 Å². The van der Waals surface area contributed by atoms with Crippen LogP contribution >= 0.6 is 15.9 Å². The van der Waals surface area contributed by atoms with E-state index in [1.807, 2.05) is 6.07 Å². The van der Waals surface area contributed by atoms with Gasteiger partial charge in [-0.3, -0.25) is 4.79 Å². The predicted molar refractivity (Wildman–Crippen MR) is 94.7 cm³/mol. The third-order valence-corrected chi connectivity index (χ3v) is 4.22. The molecule has 0 aliphatic carbocycles. The Morgan fingerprint density at radius 3 is 2.50 bits per heavy atom. The molecule has 0 fully saturated rings. The number of nitrogens with one attached hydrogen (secondary N) is 1. The van der Waals surface area contributed by atoms with Crippen molar-refractivity contribution >= 4 is 21.6 Å². The summed E-state index contributed by atoms with van der Waals surface area (Å²) in [5, 5.41) is 9.30. The van der Waals surface area contributed by atoms with E-state index in [1.165, 1.54) is 6.07 Å². The van der Waals surface area contributed by atoms with Crippen molar-refractivity contribution in [3.8, 4) is 28.5 Å². The molecule has 6 heteroatoms. The summed E-state index contributed by atoms with van der Waals surface area (Å²) in [6.07, 6.45) is 0. The molecule has 1 heterocycles. The van der Waals surface area contributed by atoms with Gasteiger partial charge in [-0.1, -0.05) is 24.3 Å². The van der Waals surface area contributed by atoms with Crippen LogP contribution in [0.2, 0.25) is 0 Å². The summed E-state index contributed by atoms with van der Waals surface area (Å²) in [5.41, 5.74) is 7.17. The van der Waals surface area contributed by atoms with Crippen LogP contribution in [0.4, 0.5) is 10.1 Å². The molecule has 0 spiro atoms. The van der Waals surface area contributed by atoms with Crippen molar-refractivity contribution in [2.75, 3.05) is 5.73 Å². The van der Waals surface area contributed by atoms with Crippen LogP contribution in [0, 0.1) is 17.1 Å². The van der Waals surface area contributed by atoms with Gasteiger partial charge in [0.2, 0.25) is 0 Å². The summed E-state index contributed by atoms with van der Waals surface area (Å²) in [6, 6.07) is 15.1. The molecule has 24 heavy (non-hydrogen) atoms. The summed E-state index contributed by atoms with van der Waals surface area (Å²) in [5.74, 6) is -0.525. The van der Waals surface area contributed by atoms with Crippen molar-refractivity contribution in [2.45, 2.75) is 0 Å². The number of anilines is 1. The van der Waals surface area contributed by atoms with Crippen LogP contribution in [0.3, 0.4) is 0 Å². The van der Waals surface area contributed by atoms with E-state index < -0.39 is 11.4 Å². The zero-order chi connectivity index (χ0) is 17.3. The van der Waals surface area contributed by atoms with Gasteiger partial charge in [-0.15, -0.1) is 0 Å². The Morgan fingerprint density at radius 1 is 1.12 bits per heavy atom.